The fourth-order valence-corrected chi connectivity index (χ4v) is 4.12. The maximum atomic E-state index is 13.9. The third-order valence-electron chi connectivity index (χ3n) is 5.60. The van der Waals surface area contributed by atoms with Crippen LogP contribution in [0.4, 0.5) is 0 Å². The van der Waals surface area contributed by atoms with Crippen molar-refractivity contribution in [2.75, 3.05) is 7.05 Å². The summed E-state index contributed by atoms with van der Waals surface area (Å²) >= 11 is 0. The van der Waals surface area contributed by atoms with Crippen molar-refractivity contribution >= 4 is 16.9 Å². The fourth-order valence-electron chi connectivity index (χ4n) is 4.12. The molecular weight excluding hydrogens is 398 g/mol. The second-order valence-electron chi connectivity index (χ2n) is 9.16. The van der Waals surface area contributed by atoms with Gasteiger partial charge in [-0.25, -0.2) is 9.67 Å². The summed E-state index contributed by atoms with van der Waals surface area (Å²) in [6.07, 6.45) is 1.76. The Balaban J connectivity index is 1.87. The highest BCUT2D eigenvalue weighted by molar-refractivity contribution is 6.06. The van der Waals surface area contributed by atoms with Crippen molar-refractivity contribution in [2.24, 2.45) is 0 Å². The van der Waals surface area contributed by atoms with E-state index >= 15 is 0 Å². The molecule has 6 nitrogen and oxygen atoms in total. The van der Waals surface area contributed by atoms with Gasteiger partial charge in [-0.2, -0.15) is 5.10 Å². The van der Waals surface area contributed by atoms with Gasteiger partial charge in [-0.05, 0) is 58.4 Å². The zero-order valence-corrected chi connectivity index (χ0v) is 19.5. The summed E-state index contributed by atoms with van der Waals surface area (Å²) < 4.78 is 1.91. The SMILES string of the molecule is Cc1cc(C(=O)N(C)C(c2ccccc2)c2ccccn2)c2c(C)nn(C(C)(C)C)c2n1. The number of aryl methyl sites for hydroxylation is 2. The molecule has 6 heteroatoms. The Kier molecular flexibility index (Phi) is 5.55. The van der Waals surface area contributed by atoms with Crippen molar-refractivity contribution in [3.63, 3.8) is 0 Å². The predicted molar refractivity (Wildman–Crippen MR) is 127 cm³/mol. The molecule has 4 rings (SSSR count). The van der Waals surface area contributed by atoms with Crippen LogP contribution in [-0.2, 0) is 5.54 Å². The molecule has 0 radical (unpaired) electrons. The van der Waals surface area contributed by atoms with Crippen LogP contribution in [0.1, 0.15) is 59.8 Å². The zero-order valence-electron chi connectivity index (χ0n) is 19.5. The molecule has 3 heterocycles. The van der Waals surface area contributed by atoms with E-state index in [9.17, 15) is 4.79 Å². The summed E-state index contributed by atoms with van der Waals surface area (Å²) in [7, 11) is 1.83. The number of hydrogen-bond donors (Lipinski definition) is 0. The van der Waals surface area contributed by atoms with Crippen LogP contribution in [0.25, 0.3) is 11.0 Å². The van der Waals surface area contributed by atoms with Crippen molar-refractivity contribution in [3.8, 4) is 0 Å². The van der Waals surface area contributed by atoms with Crippen LogP contribution in [0, 0.1) is 13.8 Å². The summed E-state index contributed by atoms with van der Waals surface area (Å²) in [6, 6.07) is 17.3. The van der Waals surface area contributed by atoms with E-state index in [0.717, 1.165) is 33.7 Å². The Morgan fingerprint density at radius 1 is 1.03 bits per heavy atom. The molecule has 1 atom stereocenters. The molecule has 0 aliphatic carbocycles. The first kappa shape index (κ1) is 21.7. The number of carbonyl (C=O) groups excluding carboxylic acids is 1. The highest BCUT2D eigenvalue weighted by Crippen LogP contribution is 2.31. The van der Waals surface area contributed by atoms with Gasteiger partial charge in [0.25, 0.3) is 5.91 Å². The summed E-state index contributed by atoms with van der Waals surface area (Å²) in [6.45, 7) is 10.1. The number of rotatable bonds is 4. The van der Waals surface area contributed by atoms with E-state index in [-0.39, 0.29) is 17.5 Å². The molecule has 1 aromatic carbocycles. The molecule has 3 aromatic heterocycles. The molecule has 32 heavy (non-hydrogen) atoms. The molecule has 0 saturated heterocycles. The topological polar surface area (TPSA) is 63.9 Å². The zero-order chi connectivity index (χ0) is 23.0. The van der Waals surface area contributed by atoms with Crippen molar-refractivity contribution in [2.45, 2.75) is 46.2 Å². The molecule has 0 aliphatic heterocycles. The number of amides is 1. The first-order valence-electron chi connectivity index (χ1n) is 10.8. The van der Waals surface area contributed by atoms with Gasteiger partial charge in [-0.15, -0.1) is 0 Å². The third kappa shape index (κ3) is 3.88. The number of pyridine rings is 2. The summed E-state index contributed by atoms with van der Waals surface area (Å²) in [5.74, 6) is -0.0865. The molecule has 164 valence electrons. The van der Waals surface area contributed by atoms with E-state index in [1.54, 1.807) is 11.1 Å². The molecule has 4 aromatic rings. The minimum atomic E-state index is -0.314. The smallest absolute Gasteiger partial charge is 0.255 e. The number of hydrogen-bond acceptors (Lipinski definition) is 4. The Labute approximate surface area is 188 Å². The van der Waals surface area contributed by atoms with Crippen molar-refractivity contribution in [1.29, 1.82) is 0 Å². The lowest BCUT2D eigenvalue weighted by Gasteiger charge is -2.29. The van der Waals surface area contributed by atoms with Crippen LogP contribution in [-0.4, -0.2) is 37.6 Å². The number of fused-ring (bicyclic) bond motifs is 1. The quantitative estimate of drug-likeness (QED) is 0.457. The van der Waals surface area contributed by atoms with Crippen LogP contribution >= 0.6 is 0 Å². The van der Waals surface area contributed by atoms with Crippen LogP contribution in [0.2, 0.25) is 0 Å². The summed E-state index contributed by atoms with van der Waals surface area (Å²) in [4.78, 5) is 25.0. The maximum absolute atomic E-state index is 13.9. The minimum absolute atomic E-state index is 0.0865. The first-order chi connectivity index (χ1) is 15.2. The van der Waals surface area contributed by atoms with Gasteiger partial charge in [0.05, 0.1) is 33.9 Å². The Morgan fingerprint density at radius 3 is 2.34 bits per heavy atom. The standard InChI is InChI=1S/C26H29N5O/c1-17-16-20(22-18(2)29-31(24(22)28-17)26(3,4)5)25(32)30(6)23(19-12-8-7-9-13-19)21-14-10-11-15-27-21/h7-16,23H,1-6H3. The molecule has 0 saturated carbocycles. The molecule has 0 spiro atoms. The average molecular weight is 428 g/mol. The van der Waals surface area contributed by atoms with Gasteiger partial charge in [0, 0.05) is 18.9 Å². The lowest BCUT2D eigenvalue weighted by Crippen LogP contribution is -2.33. The van der Waals surface area contributed by atoms with E-state index < -0.39 is 0 Å². The molecule has 0 bridgehead atoms. The van der Waals surface area contributed by atoms with E-state index in [4.69, 9.17) is 10.1 Å². The van der Waals surface area contributed by atoms with Gasteiger partial charge >= 0.3 is 0 Å². The largest absolute Gasteiger partial charge is 0.329 e. The summed E-state index contributed by atoms with van der Waals surface area (Å²) in [5, 5.41) is 5.54. The Hall–Kier alpha value is -3.54. The van der Waals surface area contributed by atoms with E-state index in [0.29, 0.717) is 5.56 Å². The molecule has 0 aliphatic rings. The minimum Gasteiger partial charge on any atom is -0.329 e. The van der Waals surface area contributed by atoms with Gasteiger partial charge in [0.2, 0.25) is 0 Å². The highest BCUT2D eigenvalue weighted by Gasteiger charge is 2.29. The Morgan fingerprint density at radius 2 is 1.72 bits per heavy atom. The fraction of sp³-hybridized carbons (Fsp3) is 0.308. The van der Waals surface area contributed by atoms with Gasteiger partial charge in [-0.1, -0.05) is 36.4 Å². The predicted octanol–water partition coefficient (Wildman–Crippen LogP) is 5.06. The van der Waals surface area contributed by atoms with Crippen LogP contribution in [0.3, 0.4) is 0 Å². The van der Waals surface area contributed by atoms with Crippen molar-refractivity contribution in [3.05, 3.63) is 89.0 Å². The first-order valence-corrected chi connectivity index (χ1v) is 10.8. The number of nitrogens with zero attached hydrogens (tertiary/aromatic N) is 5. The van der Waals surface area contributed by atoms with Crippen LogP contribution < -0.4 is 0 Å². The van der Waals surface area contributed by atoms with Crippen molar-refractivity contribution in [1.82, 2.24) is 24.6 Å². The summed E-state index contributed by atoms with van der Waals surface area (Å²) in [5.41, 5.74) is 4.51. The molecule has 1 unspecified atom stereocenters. The van der Waals surface area contributed by atoms with Gasteiger partial charge < -0.3 is 4.90 Å². The van der Waals surface area contributed by atoms with Gasteiger partial charge in [0.15, 0.2) is 5.65 Å². The van der Waals surface area contributed by atoms with E-state index in [2.05, 4.69) is 25.8 Å². The number of aromatic nitrogens is 4. The Bertz CT molecular complexity index is 1220. The third-order valence-corrected chi connectivity index (χ3v) is 5.60. The van der Waals surface area contributed by atoms with E-state index in [1.807, 2.05) is 80.2 Å². The van der Waals surface area contributed by atoms with E-state index in [1.165, 1.54) is 0 Å². The van der Waals surface area contributed by atoms with Gasteiger partial charge in [-0.3, -0.25) is 9.78 Å². The van der Waals surface area contributed by atoms with Crippen molar-refractivity contribution < 1.29 is 4.79 Å². The lowest BCUT2D eigenvalue weighted by molar-refractivity contribution is 0.0754. The molecule has 1 amide bonds. The highest BCUT2D eigenvalue weighted by atomic mass is 16.2. The number of benzene rings is 1. The lowest BCUT2D eigenvalue weighted by atomic mass is 10.00. The maximum Gasteiger partial charge on any atom is 0.255 e. The van der Waals surface area contributed by atoms with Crippen LogP contribution in [0.5, 0.6) is 0 Å². The monoisotopic (exact) mass is 427 g/mol. The second-order valence-corrected chi connectivity index (χ2v) is 9.16. The second kappa shape index (κ2) is 8.19. The van der Waals surface area contributed by atoms with Gasteiger partial charge in [0.1, 0.15) is 0 Å². The van der Waals surface area contributed by atoms with Crippen LogP contribution in [0.15, 0.2) is 60.8 Å². The molecule has 0 fully saturated rings. The normalized spacial score (nSPS) is 12.7. The molecular formula is C26H29N5O. The molecule has 0 N–H and O–H groups in total. The number of carbonyl (C=O) groups is 1. The average Bonchev–Trinajstić information content (AvgIpc) is 3.11.